The van der Waals surface area contributed by atoms with Crippen LogP contribution in [0.3, 0.4) is 0 Å². The third-order valence-corrected chi connectivity index (χ3v) is 7.86. The standard InChI is InChI=1S/C30H50N2O5.ClH/c1-22(2)30(23(3)4,29(34)31-21-25-14-16-28(33)32-25)17-10-8-7-9-12-24-13-15-26(36-6)27(20-24)37-19-11-18-35-5;/h13,15,20,22-23,25H,7-12,14,16-19,21H2,1-6H3,(H,31,34)(H,32,33);1H/t25-;/m1./s1. The second-order valence-electron chi connectivity index (χ2n) is 11.0. The zero-order valence-electron chi connectivity index (χ0n) is 24.4. The Kier molecular flexibility index (Phi) is 15.7. The molecule has 1 saturated heterocycles. The number of nitrogens with one attached hydrogen (secondary N) is 2. The smallest absolute Gasteiger partial charge is 0.226 e. The Labute approximate surface area is 236 Å². The van der Waals surface area contributed by atoms with Crippen molar-refractivity contribution in [1.82, 2.24) is 10.6 Å². The largest absolute Gasteiger partial charge is 0.493 e. The molecule has 0 bridgehead atoms. The number of unbranched alkanes of at least 4 members (excludes halogenated alkanes) is 3. The third kappa shape index (κ3) is 9.96. The van der Waals surface area contributed by atoms with Crippen molar-refractivity contribution in [1.29, 1.82) is 0 Å². The van der Waals surface area contributed by atoms with E-state index in [2.05, 4.69) is 50.5 Å². The highest BCUT2D eigenvalue weighted by atomic mass is 35.5. The second-order valence-corrected chi connectivity index (χ2v) is 11.0. The van der Waals surface area contributed by atoms with Gasteiger partial charge in [0.05, 0.1) is 19.1 Å². The molecule has 1 aliphatic rings. The maximum atomic E-state index is 13.4. The van der Waals surface area contributed by atoms with E-state index in [9.17, 15) is 9.59 Å². The number of halogens is 1. The van der Waals surface area contributed by atoms with Crippen LogP contribution in [0.15, 0.2) is 18.2 Å². The van der Waals surface area contributed by atoms with Crippen molar-refractivity contribution in [2.24, 2.45) is 17.3 Å². The Hall–Kier alpha value is -1.99. The normalized spacial score (nSPS) is 15.4. The summed E-state index contributed by atoms with van der Waals surface area (Å²) in [4.78, 5) is 24.9. The van der Waals surface area contributed by atoms with E-state index in [1.807, 2.05) is 6.07 Å². The Bertz CT molecular complexity index is 838. The van der Waals surface area contributed by atoms with Crippen LogP contribution in [-0.4, -0.2) is 51.8 Å². The first-order valence-electron chi connectivity index (χ1n) is 14.1. The predicted octanol–water partition coefficient (Wildman–Crippen LogP) is 5.72. The van der Waals surface area contributed by atoms with Gasteiger partial charge in [-0.05, 0) is 55.2 Å². The quantitative estimate of drug-likeness (QED) is 0.227. The molecule has 2 amide bonds. The number of benzene rings is 1. The van der Waals surface area contributed by atoms with E-state index in [1.54, 1.807) is 14.2 Å². The Morgan fingerprint density at radius 2 is 1.74 bits per heavy atom. The number of methoxy groups -OCH3 is 2. The molecule has 38 heavy (non-hydrogen) atoms. The first-order chi connectivity index (χ1) is 17.7. The predicted molar refractivity (Wildman–Crippen MR) is 155 cm³/mol. The minimum absolute atomic E-state index is 0. The van der Waals surface area contributed by atoms with E-state index < -0.39 is 5.41 Å². The van der Waals surface area contributed by atoms with Gasteiger partial charge < -0.3 is 24.8 Å². The zero-order valence-corrected chi connectivity index (χ0v) is 25.2. The summed E-state index contributed by atoms with van der Waals surface area (Å²) in [6.45, 7) is 10.4. The van der Waals surface area contributed by atoms with E-state index in [4.69, 9.17) is 14.2 Å². The van der Waals surface area contributed by atoms with Gasteiger partial charge in [-0.15, -0.1) is 12.4 Å². The molecule has 2 N–H and O–H groups in total. The van der Waals surface area contributed by atoms with Crippen LogP contribution in [0.4, 0.5) is 0 Å². The minimum atomic E-state index is -0.395. The molecule has 0 unspecified atom stereocenters. The van der Waals surface area contributed by atoms with E-state index in [-0.39, 0.29) is 42.1 Å². The average molecular weight is 555 g/mol. The van der Waals surface area contributed by atoms with Crippen LogP contribution >= 0.6 is 12.4 Å². The van der Waals surface area contributed by atoms with E-state index in [1.165, 1.54) is 5.56 Å². The van der Waals surface area contributed by atoms with E-state index in [0.29, 0.717) is 26.2 Å². The van der Waals surface area contributed by atoms with Crippen LogP contribution < -0.4 is 20.1 Å². The number of hydrogen-bond acceptors (Lipinski definition) is 5. The maximum Gasteiger partial charge on any atom is 0.226 e. The van der Waals surface area contributed by atoms with Crippen LogP contribution in [0.1, 0.15) is 84.6 Å². The van der Waals surface area contributed by atoms with Gasteiger partial charge in [-0.1, -0.05) is 53.0 Å². The number of hydrogen-bond donors (Lipinski definition) is 2. The molecule has 0 aliphatic carbocycles. The molecule has 1 aliphatic heterocycles. The molecule has 0 saturated carbocycles. The lowest BCUT2D eigenvalue weighted by atomic mass is 9.65. The lowest BCUT2D eigenvalue weighted by Gasteiger charge is -2.40. The van der Waals surface area contributed by atoms with Gasteiger partial charge in [-0.2, -0.15) is 0 Å². The van der Waals surface area contributed by atoms with Crippen LogP contribution in [0.25, 0.3) is 0 Å². The van der Waals surface area contributed by atoms with Crippen molar-refractivity contribution in [3.8, 4) is 11.5 Å². The Morgan fingerprint density at radius 3 is 2.34 bits per heavy atom. The molecule has 2 rings (SSSR count). The lowest BCUT2D eigenvalue weighted by molar-refractivity contribution is -0.138. The summed E-state index contributed by atoms with van der Waals surface area (Å²) in [7, 11) is 3.36. The number of aryl methyl sites for hydroxylation is 1. The van der Waals surface area contributed by atoms with Crippen molar-refractivity contribution in [3.05, 3.63) is 23.8 Å². The molecule has 218 valence electrons. The van der Waals surface area contributed by atoms with Crippen LogP contribution in [0, 0.1) is 17.3 Å². The fourth-order valence-corrected chi connectivity index (χ4v) is 5.57. The highest BCUT2D eigenvalue weighted by molar-refractivity contribution is 5.85. The molecule has 1 heterocycles. The first kappa shape index (κ1) is 34.0. The van der Waals surface area contributed by atoms with Crippen molar-refractivity contribution < 1.29 is 23.8 Å². The number of carbonyl (C=O) groups excluding carboxylic acids is 2. The average Bonchev–Trinajstić information content (AvgIpc) is 3.29. The van der Waals surface area contributed by atoms with Gasteiger partial charge in [0.1, 0.15) is 0 Å². The molecular formula is C30H51ClN2O5. The molecule has 7 nitrogen and oxygen atoms in total. The number of amides is 2. The summed E-state index contributed by atoms with van der Waals surface area (Å²) < 4.78 is 16.5. The van der Waals surface area contributed by atoms with Crippen LogP contribution in [0.5, 0.6) is 11.5 Å². The molecule has 1 aromatic rings. The monoisotopic (exact) mass is 554 g/mol. The fourth-order valence-electron chi connectivity index (χ4n) is 5.57. The molecular weight excluding hydrogens is 504 g/mol. The van der Waals surface area contributed by atoms with Gasteiger partial charge in [0.25, 0.3) is 0 Å². The van der Waals surface area contributed by atoms with Crippen LogP contribution in [-0.2, 0) is 20.7 Å². The highest BCUT2D eigenvalue weighted by Gasteiger charge is 2.43. The molecule has 0 spiro atoms. The van der Waals surface area contributed by atoms with E-state index in [0.717, 1.165) is 62.9 Å². The summed E-state index contributed by atoms with van der Waals surface area (Å²) in [5, 5.41) is 6.13. The topological polar surface area (TPSA) is 85.9 Å². The SMILES string of the molecule is COCCCOc1cc(CCCCCCC(C(=O)NC[C@H]2CCC(=O)N2)(C(C)C)C(C)C)ccc1OC.Cl. The highest BCUT2D eigenvalue weighted by Crippen LogP contribution is 2.41. The van der Waals surface area contributed by atoms with Gasteiger partial charge in [0.2, 0.25) is 11.8 Å². The van der Waals surface area contributed by atoms with Gasteiger partial charge in [-0.3, -0.25) is 9.59 Å². The zero-order chi connectivity index (χ0) is 27.3. The van der Waals surface area contributed by atoms with Crippen molar-refractivity contribution >= 4 is 24.2 Å². The Morgan fingerprint density at radius 1 is 1.03 bits per heavy atom. The van der Waals surface area contributed by atoms with Gasteiger partial charge in [0.15, 0.2) is 11.5 Å². The lowest BCUT2D eigenvalue weighted by Crippen LogP contribution is -2.50. The first-order valence-corrected chi connectivity index (χ1v) is 14.1. The molecule has 0 radical (unpaired) electrons. The fraction of sp³-hybridized carbons (Fsp3) is 0.733. The number of ether oxygens (including phenoxy) is 3. The van der Waals surface area contributed by atoms with E-state index >= 15 is 0 Å². The Balaban J connectivity index is 0.00000722. The molecule has 1 aromatic carbocycles. The molecule has 1 atom stereocenters. The summed E-state index contributed by atoms with van der Waals surface area (Å²) >= 11 is 0. The summed E-state index contributed by atoms with van der Waals surface area (Å²) in [5.41, 5.74) is 0.854. The number of rotatable bonds is 18. The van der Waals surface area contributed by atoms with Gasteiger partial charge in [-0.25, -0.2) is 0 Å². The van der Waals surface area contributed by atoms with Crippen molar-refractivity contribution in [3.63, 3.8) is 0 Å². The number of carbonyl (C=O) groups is 2. The summed E-state index contributed by atoms with van der Waals surface area (Å²) in [5.74, 6) is 2.25. The second kappa shape index (κ2) is 17.6. The van der Waals surface area contributed by atoms with Crippen molar-refractivity contribution in [2.75, 3.05) is 34.0 Å². The van der Waals surface area contributed by atoms with Crippen molar-refractivity contribution in [2.45, 2.75) is 91.5 Å². The molecule has 8 heteroatoms. The molecule has 1 fully saturated rings. The van der Waals surface area contributed by atoms with Crippen LogP contribution in [0.2, 0.25) is 0 Å². The maximum absolute atomic E-state index is 13.4. The summed E-state index contributed by atoms with van der Waals surface area (Å²) in [6.07, 6.45) is 8.41. The minimum Gasteiger partial charge on any atom is -0.493 e. The molecule has 0 aromatic heterocycles. The van der Waals surface area contributed by atoms with Gasteiger partial charge in [0, 0.05) is 39.1 Å². The third-order valence-electron chi connectivity index (χ3n) is 7.86. The van der Waals surface area contributed by atoms with Gasteiger partial charge >= 0.3 is 0 Å². The summed E-state index contributed by atoms with van der Waals surface area (Å²) in [6, 6.07) is 6.24.